The number of nitrogens with two attached hydrogens (primary N) is 1. The average molecular weight is 1790 g/mol. The smallest absolute Gasteiger partial charge is 0.311 e. The molecule has 0 aromatic heterocycles. The van der Waals surface area contributed by atoms with Crippen LogP contribution in [0.15, 0.2) is 0 Å². The van der Waals surface area contributed by atoms with E-state index in [9.17, 15) is 76.7 Å². The maximum Gasteiger partial charge on any atom is 0.311 e. The quantitative estimate of drug-likeness (QED) is 0.0233. The number of hydrogen-bond acceptors (Lipinski definition) is 31. The van der Waals surface area contributed by atoms with Crippen molar-refractivity contribution in [2.45, 2.75) is 213 Å². The Kier molecular flexibility index (Phi) is 48.9. The maximum atomic E-state index is 14.0. The second kappa shape index (κ2) is 52.5. The molecule has 0 aromatic rings. The summed E-state index contributed by atoms with van der Waals surface area (Å²) in [6, 6.07) is 0. The second-order valence-electron chi connectivity index (χ2n) is 41.1. The van der Waals surface area contributed by atoms with E-state index in [-0.39, 0.29) is 110 Å². The van der Waals surface area contributed by atoms with E-state index in [1.54, 1.807) is 187 Å². The molecule has 0 aliphatic heterocycles. The van der Waals surface area contributed by atoms with Crippen LogP contribution in [0.5, 0.6) is 0 Å². The van der Waals surface area contributed by atoms with E-state index < -0.39 is 259 Å². The molecule has 720 valence electrons. The standard InChI is InChI=1S/C87H152N8O30/c1-75(2,3)66(103)117-50-85(51-118-67(104)76(4,5)6,52-119-68(105)77(7,8)9)47-114-40-63(100)89-33-28-59(96)93-43-84(46-113-39-36-92-62(99)31-37-112-38-32-88,44-94-60(97)29-34-90-64(101)41-115-48-86(53-120-69(106)78(10,11)12,54-121-70(107)79(13,14)15)55-122-71(108)80(16,17)18)45-95-61(98)30-35-91-65(102)42-116-49-87(56-123-72(109)81(19,20)21,57-124-73(110)82(22,23)24)58-125-74(111)83(25,26)27/h28-58,88H2,1-27H3,(H,89,100)(H,90,101)(H,91,102)(H,92,99)(H,93,96)(H,94,97)(H,95,98). The van der Waals surface area contributed by atoms with E-state index in [1.165, 1.54) is 0 Å². The van der Waals surface area contributed by atoms with E-state index in [2.05, 4.69) is 37.2 Å². The number of amides is 7. The van der Waals surface area contributed by atoms with Gasteiger partial charge in [-0.2, -0.15) is 0 Å². The van der Waals surface area contributed by atoms with Crippen molar-refractivity contribution in [1.82, 2.24) is 37.2 Å². The highest BCUT2D eigenvalue weighted by atomic mass is 16.6. The van der Waals surface area contributed by atoms with Crippen LogP contribution in [0.3, 0.4) is 0 Å². The number of esters is 9. The third-order valence-corrected chi connectivity index (χ3v) is 17.7. The van der Waals surface area contributed by atoms with Crippen LogP contribution in [0.25, 0.3) is 0 Å². The number of ether oxygens (including phenoxy) is 14. The molecule has 0 aromatic carbocycles. The summed E-state index contributed by atoms with van der Waals surface area (Å²) in [6.45, 7) is 34.3. The van der Waals surface area contributed by atoms with Crippen molar-refractivity contribution in [2.75, 3.05) is 178 Å². The molecule has 0 heterocycles. The van der Waals surface area contributed by atoms with Gasteiger partial charge in [-0.3, -0.25) is 76.7 Å². The first-order chi connectivity index (χ1) is 57.1. The van der Waals surface area contributed by atoms with Crippen molar-refractivity contribution >= 4 is 95.1 Å². The van der Waals surface area contributed by atoms with Gasteiger partial charge in [0, 0.05) is 83.5 Å². The number of carbonyl (C=O) groups is 16. The molecule has 0 bridgehead atoms. The van der Waals surface area contributed by atoms with E-state index in [4.69, 9.17) is 72.0 Å². The van der Waals surface area contributed by atoms with Crippen LogP contribution >= 0.6 is 0 Å². The molecule has 125 heavy (non-hydrogen) atoms. The maximum absolute atomic E-state index is 14.0. The molecule has 0 radical (unpaired) electrons. The van der Waals surface area contributed by atoms with Crippen molar-refractivity contribution in [3.05, 3.63) is 0 Å². The minimum atomic E-state index is -1.53. The summed E-state index contributed by atoms with van der Waals surface area (Å²) in [5.41, 5.74) is -9.41. The van der Waals surface area contributed by atoms with E-state index in [0.29, 0.717) is 0 Å². The molecule has 9 N–H and O–H groups in total. The lowest BCUT2D eigenvalue weighted by molar-refractivity contribution is -0.179. The Morgan fingerprint density at radius 3 is 0.592 bits per heavy atom. The van der Waals surface area contributed by atoms with E-state index in [0.717, 1.165) is 0 Å². The fraction of sp³-hybridized carbons (Fsp3) is 0.816. The number of hydrogen-bond donors (Lipinski definition) is 8. The SMILES string of the molecule is CC(C)(C)C(=O)OCC(COCC(=O)NCCC(=O)NCC(CNC(=O)CCNC(=O)COCC(COC(=O)C(C)(C)C)(COC(=O)C(C)(C)C)COC(=O)C(C)(C)C)(CNC(=O)CCNC(=O)COCC(COC(=O)C(C)(C)C)(COC(=O)C(C)(C)C)COC(=O)C(C)(C)C)COCCNC(=O)CCOCCN)(COC(=O)C(C)(C)C)COC(=O)C(C)(C)C. The third-order valence-electron chi connectivity index (χ3n) is 17.7. The Balaban J connectivity index is 7.47. The van der Waals surface area contributed by atoms with Crippen molar-refractivity contribution in [2.24, 2.45) is 76.1 Å². The molecular formula is C87H152N8O30. The normalized spacial score (nSPS) is 12.7. The lowest BCUT2D eigenvalue weighted by Gasteiger charge is -2.34. The predicted octanol–water partition coefficient (Wildman–Crippen LogP) is 4.65. The summed E-state index contributed by atoms with van der Waals surface area (Å²) in [5.74, 6) is -10.3. The van der Waals surface area contributed by atoms with Crippen LogP contribution in [-0.4, -0.2) is 273 Å². The monoisotopic (exact) mass is 1790 g/mol. The molecule has 0 unspecified atom stereocenters. The van der Waals surface area contributed by atoms with Crippen LogP contribution < -0.4 is 43.0 Å². The second-order valence-corrected chi connectivity index (χ2v) is 41.1. The van der Waals surface area contributed by atoms with Gasteiger partial charge in [-0.1, -0.05) is 0 Å². The van der Waals surface area contributed by atoms with Crippen molar-refractivity contribution in [1.29, 1.82) is 0 Å². The topological polar surface area (TPSA) is 513 Å². The molecule has 7 amide bonds. The van der Waals surface area contributed by atoms with Gasteiger partial charge in [0.05, 0.1) is 111 Å². The predicted molar refractivity (Wildman–Crippen MR) is 456 cm³/mol. The number of rotatable bonds is 55. The number of nitrogens with one attached hydrogen (secondary N) is 7. The molecule has 0 atom stereocenters. The van der Waals surface area contributed by atoms with Crippen LogP contribution in [0.1, 0.15) is 213 Å². The molecule has 0 rings (SSSR count). The van der Waals surface area contributed by atoms with E-state index >= 15 is 0 Å². The van der Waals surface area contributed by atoms with Crippen LogP contribution in [0.4, 0.5) is 0 Å². The molecular weight excluding hydrogens is 1640 g/mol. The van der Waals surface area contributed by atoms with Crippen LogP contribution in [0.2, 0.25) is 0 Å². The molecule has 38 nitrogen and oxygen atoms in total. The summed E-state index contributed by atoms with van der Waals surface area (Å²) in [7, 11) is 0. The van der Waals surface area contributed by atoms with Gasteiger partial charge in [-0.15, -0.1) is 0 Å². The van der Waals surface area contributed by atoms with Gasteiger partial charge in [0.2, 0.25) is 41.4 Å². The summed E-state index contributed by atoms with van der Waals surface area (Å²) in [4.78, 5) is 213. The molecule has 0 saturated carbocycles. The van der Waals surface area contributed by atoms with Crippen molar-refractivity contribution in [3.63, 3.8) is 0 Å². The zero-order chi connectivity index (χ0) is 96.5. The average Bonchev–Trinajstić information content (AvgIpc) is 0.835. The summed E-state index contributed by atoms with van der Waals surface area (Å²) in [6.07, 6.45) is -1.15. The number of carbonyl (C=O) groups excluding carboxylic acids is 16. The van der Waals surface area contributed by atoms with Crippen LogP contribution in [-0.2, 0) is 143 Å². The minimum absolute atomic E-state index is 0.0133. The first-order valence-electron chi connectivity index (χ1n) is 42.1. The van der Waals surface area contributed by atoms with Gasteiger partial charge < -0.3 is 109 Å². The van der Waals surface area contributed by atoms with Gasteiger partial charge >= 0.3 is 53.7 Å². The summed E-state index contributed by atoms with van der Waals surface area (Å²) in [5, 5.41) is 18.8. The molecule has 0 spiro atoms. The highest BCUT2D eigenvalue weighted by Crippen LogP contribution is 2.32. The van der Waals surface area contributed by atoms with Crippen molar-refractivity contribution < 1.29 is 143 Å². The Hall–Kier alpha value is -8.72. The molecule has 0 saturated heterocycles. The van der Waals surface area contributed by atoms with Gasteiger partial charge in [0.15, 0.2) is 0 Å². The fourth-order valence-electron chi connectivity index (χ4n) is 9.30. The zero-order valence-corrected chi connectivity index (χ0v) is 79.7. The Labute approximate surface area is 738 Å². The summed E-state index contributed by atoms with van der Waals surface area (Å²) < 4.78 is 80.3. The Morgan fingerprint density at radius 2 is 0.392 bits per heavy atom. The third kappa shape index (κ3) is 50.4. The van der Waals surface area contributed by atoms with Crippen molar-refractivity contribution in [3.8, 4) is 0 Å². The largest absolute Gasteiger partial charge is 0.464 e. The van der Waals surface area contributed by atoms with Crippen LogP contribution in [0, 0.1) is 70.4 Å². The lowest BCUT2D eigenvalue weighted by atomic mass is 9.88. The Morgan fingerprint density at radius 1 is 0.200 bits per heavy atom. The molecule has 0 aliphatic rings. The minimum Gasteiger partial charge on any atom is -0.464 e. The first kappa shape index (κ1) is 116. The van der Waals surface area contributed by atoms with E-state index in [1.807, 2.05) is 0 Å². The summed E-state index contributed by atoms with van der Waals surface area (Å²) >= 11 is 0. The molecule has 0 fully saturated rings. The van der Waals surface area contributed by atoms with Gasteiger partial charge in [0.25, 0.3) is 0 Å². The first-order valence-corrected chi connectivity index (χ1v) is 42.1. The molecule has 38 heteroatoms. The fourth-order valence-corrected chi connectivity index (χ4v) is 9.30. The highest BCUT2D eigenvalue weighted by Gasteiger charge is 2.45. The lowest BCUT2D eigenvalue weighted by Crippen LogP contribution is -2.54. The van der Waals surface area contributed by atoms with Gasteiger partial charge in [0.1, 0.15) is 79.3 Å². The Bertz CT molecular complexity index is 2960. The zero-order valence-electron chi connectivity index (χ0n) is 79.7. The molecule has 0 aliphatic carbocycles. The van der Waals surface area contributed by atoms with Gasteiger partial charge in [-0.05, 0) is 187 Å². The van der Waals surface area contributed by atoms with Gasteiger partial charge in [-0.25, -0.2) is 0 Å². The highest BCUT2D eigenvalue weighted by molar-refractivity contribution is 5.83.